The molecule has 0 radical (unpaired) electrons. The van der Waals surface area contributed by atoms with E-state index in [0.717, 1.165) is 0 Å². The first-order valence-electron chi connectivity index (χ1n) is 17.2. The zero-order valence-electron chi connectivity index (χ0n) is 30.1. The molecule has 4 atom stereocenters. The summed E-state index contributed by atoms with van der Waals surface area (Å²) in [5.41, 5.74) is 5.68. The number of carbonyl (C=O) groups is 6. The smallest absolute Gasteiger partial charge is 0.326 e. The number of aromatic nitrogens is 4. The second-order valence-corrected chi connectivity index (χ2v) is 13.5. The van der Waals surface area contributed by atoms with E-state index in [2.05, 4.69) is 46.5 Å². The Morgan fingerprint density at radius 3 is 1.79 bits per heavy atom. The third-order valence-electron chi connectivity index (χ3n) is 7.96. The number of rotatable bonds is 21. The molecule has 0 unspecified atom stereocenters. The summed E-state index contributed by atoms with van der Waals surface area (Å²) >= 11 is 0. The first kappa shape index (κ1) is 41.0. The topological polar surface area (TPSA) is 266 Å². The number of aliphatic carboxylic acids is 1. The van der Waals surface area contributed by atoms with Crippen LogP contribution in [0.25, 0.3) is 0 Å². The quantitative estimate of drug-likeness (QED) is 0.0742. The minimum absolute atomic E-state index is 0.0378. The Hall–Kier alpha value is -5.42. The van der Waals surface area contributed by atoms with E-state index in [4.69, 9.17) is 5.73 Å². The number of nitrogens with one attached hydrogen (secondary N) is 7. The average Bonchev–Trinajstić information content (AvgIpc) is 3.78. The van der Waals surface area contributed by atoms with Gasteiger partial charge in [-0.3, -0.25) is 24.0 Å². The number of hydrogen-bond donors (Lipinski definition) is 9. The molecule has 2 aromatic heterocycles. The first-order valence-corrected chi connectivity index (χ1v) is 17.2. The van der Waals surface area contributed by atoms with Gasteiger partial charge in [0.2, 0.25) is 0 Å². The molecule has 2 heterocycles. The van der Waals surface area contributed by atoms with E-state index in [-0.39, 0.29) is 72.5 Å². The summed E-state index contributed by atoms with van der Waals surface area (Å²) in [6.45, 7) is 9.69. The molecule has 0 aliphatic heterocycles. The van der Waals surface area contributed by atoms with Crippen LogP contribution in [0.2, 0.25) is 0 Å². The summed E-state index contributed by atoms with van der Waals surface area (Å²) < 4.78 is 0. The second-order valence-electron chi connectivity index (χ2n) is 13.5. The largest absolute Gasteiger partial charge is 0.480 e. The van der Waals surface area contributed by atoms with Crippen LogP contribution in [0.1, 0.15) is 95.0 Å². The van der Waals surface area contributed by atoms with Crippen molar-refractivity contribution in [3.05, 3.63) is 71.3 Å². The third kappa shape index (κ3) is 12.4. The lowest BCUT2D eigenvalue weighted by Crippen LogP contribution is -2.49. The Balaban J connectivity index is 1.64. The number of nitrogens with two attached hydrogens (primary N) is 1. The van der Waals surface area contributed by atoms with Gasteiger partial charge in [-0.1, -0.05) is 58.0 Å². The Kier molecular flexibility index (Phi) is 15.6. The molecule has 0 aliphatic rings. The minimum Gasteiger partial charge on any atom is -0.480 e. The van der Waals surface area contributed by atoms with Crippen LogP contribution in [0.15, 0.2) is 43.0 Å². The van der Waals surface area contributed by atoms with Crippen LogP contribution >= 0.6 is 0 Å². The van der Waals surface area contributed by atoms with Crippen molar-refractivity contribution in [1.82, 2.24) is 46.5 Å². The molecule has 10 N–H and O–H groups in total. The van der Waals surface area contributed by atoms with E-state index >= 15 is 0 Å². The Morgan fingerprint density at radius 1 is 0.731 bits per heavy atom. The molecule has 3 aromatic rings. The molecule has 3 rings (SSSR count). The van der Waals surface area contributed by atoms with Crippen molar-refractivity contribution < 1.29 is 33.9 Å². The normalized spacial score (nSPS) is 13.5. The molecule has 0 bridgehead atoms. The van der Waals surface area contributed by atoms with Gasteiger partial charge in [0.25, 0.3) is 23.6 Å². The van der Waals surface area contributed by atoms with Crippen molar-refractivity contribution >= 4 is 35.4 Å². The highest BCUT2D eigenvalue weighted by Gasteiger charge is 2.29. The van der Waals surface area contributed by atoms with Crippen molar-refractivity contribution in [2.45, 2.75) is 78.0 Å². The van der Waals surface area contributed by atoms with Gasteiger partial charge in [0.15, 0.2) is 17.2 Å². The summed E-state index contributed by atoms with van der Waals surface area (Å²) in [5.74, 6) is -4.07. The van der Waals surface area contributed by atoms with Crippen LogP contribution < -0.4 is 32.3 Å². The highest BCUT2D eigenvalue weighted by atomic mass is 16.4. The summed E-state index contributed by atoms with van der Waals surface area (Å²) in [6, 6.07) is 5.86. The maximum Gasteiger partial charge on any atom is 0.326 e. The number of Topliss-reactive ketones (excluding diaryl/α,β-unsaturated/α-hetero) is 1. The average molecular weight is 723 g/mol. The van der Waals surface area contributed by atoms with E-state index in [0.29, 0.717) is 18.4 Å². The maximum absolute atomic E-state index is 13.4. The van der Waals surface area contributed by atoms with Gasteiger partial charge in [-0.25, -0.2) is 14.8 Å². The van der Waals surface area contributed by atoms with Gasteiger partial charge in [0.1, 0.15) is 17.4 Å². The third-order valence-corrected chi connectivity index (χ3v) is 7.96. The minimum atomic E-state index is -1.25. The molecule has 0 saturated carbocycles. The van der Waals surface area contributed by atoms with Gasteiger partial charge >= 0.3 is 5.97 Å². The molecule has 1 aromatic carbocycles. The Bertz CT molecular complexity index is 1670. The molecule has 17 heteroatoms. The first-order chi connectivity index (χ1) is 24.7. The van der Waals surface area contributed by atoms with Crippen LogP contribution in [0.3, 0.4) is 0 Å². The number of hydrogen-bond acceptors (Lipinski definition) is 10. The number of carboxylic acid groups (broad SMARTS) is 1. The van der Waals surface area contributed by atoms with Crippen molar-refractivity contribution in [2.24, 2.45) is 17.6 Å². The zero-order chi connectivity index (χ0) is 38.4. The van der Waals surface area contributed by atoms with Gasteiger partial charge < -0.3 is 47.4 Å². The lowest BCUT2D eigenvalue weighted by atomic mass is 9.99. The Labute approximate surface area is 302 Å². The summed E-state index contributed by atoms with van der Waals surface area (Å²) in [5, 5.41) is 23.5. The lowest BCUT2D eigenvalue weighted by molar-refractivity contribution is -0.139. The maximum atomic E-state index is 13.4. The van der Waals surface area contributed by atoms with E-state index in [1.54, 1.807) is 37.3 Å². The van der Waals surface area contributed by atoms with E-state index in [1.807, 2.05) is 27.7 Å². The number of carboxylic acids is 1. The van der Waals surface area contributed by atoms with E-state index < -0.39 is 47.7 Å². The molecule has 0 aliphatic carbocycles. The standard InChI is InChI=1S/C35H50N10O7/c1-19(2)11-23(43-32(48)28-30(41-18-39-28)34(50)45-25(35(51)52)13-22-9-7-6-8-10-22)15-37-16-26(46)24(12-20(3)4)44-33(49)29-27(38-17-40-29)31(47)42-21(5)14-36/h6-10,17-21,23-25,37H,11-16,36H2,1-5H3,(H,38,40)(H,39,41)(H,42,47)(H,43,48)(H,44,49)(H,45,50)(H,51,52)/t21-,23-,24-,25-/m0/s1. The van der Waals surface area contributed by atoms with E-state index in [9.17, 15) is 33.9 Å². The van der Waals surface area contributed by atoms with Crippen LogP contribution in [-0.2, 0) is 16.0 Å². The molecule has 0 saturated heterocycles. The second kappa shape index (κ2) is 19.8. The van der Waals surface area contributed by atoms with Crippen molar-refractivity contribution in [2.75, 3.05) is 19.6 Å². The highest BCUT2D eigenvalue weighted by Crippen LogP contribution is 2.12. The van der Waals surface area contributed by atoms with Crippen molar-refractivity contribution in [3.8, 4) is 0 Å². The van der Waals surface area contributed by atoms with Gasteiger partial charge in [0, 0.05) is 31.6 Å². The molecule has 52 heavy (non-hydrogen) atoms. The summed E-state index contributed by atoms with van der Waals surface area (Å²) in [4.78, 5) is 90.9. The van der Waals surface area contributed by atoms with Gasteiger partial charge in [0.05, 0.1) is 25.2 Å². The number of H-pyrrole nitrogens is 2. The fourth-order valence-corrected chi connectivity index (χ4v) is 5.39. The molecular weight excluding hydrogens is 672 g/mol. The SMILES string of the molecule is CC(C)C[C@@H](CNCC(=O)[C@H](CC(C)C)NC(=O)c1[nH]cnc1C(=O)N[C@@H](C)CN)NC(=O)c1nc[nH]c1C(=O)N[C@@H](Cc1ccccc1)C(=O)O. The van der Waals surface area contributed by atoms with Gasteiger partial charge in [-0.2, -0.15) is 0 Å². The fraction of sp³-hybridized carbons (Fsp3) is 0.486. The van der Waals surface area contributed by atoms with Crippen molar-refractivity contribution in [3.63, 3.8) is 0 Å². The molecule has 282 valence electrons. The molecule has 0 fully saturated rings. The number of amides is 4. The van der Waals surface area contributed by atoms with Crippen LogP contribution in [0.5, 0.6) is 0 Å². The number of ketones is 1. The molecule has 4 amide bonds. The van der Waals surface area contributed by atoms with E-state index in [1.165, 1.54) is 12.7 Å². The molecule has 17 nitrogen and oxygen atoms in total. The number of imidazole rings is 2. The van der Waals surface area contributed by atoms with Crippen molar-refractivity contribution in [1.29, 1.82) is 0 Å². The van der Waals surface area contributed by atoms with Crippen LogP contribution in [0.4, 0.5) is 0 Å². The predicted octanol–water partition coefficient (Wildman–Crippen LogP) is 0.783. The zero-order valence-corrected chi connectivity index (χ0v) is 30.1. The van der Waals surface area contributed by atoms with Crippen LogP contribution in [-0.4, -0.2) is 104 Å². The number of nitrogens with zero attached hydrogens (tertiary/aromatic N) is 2. The highest BCUT2D eigenvalue weighted by molar-refractivity contribution is 6.06. The Morgan fingerprint density at radius 2 is 1.27 bits per heavy atom. The number of aromatic amines is 2. The lowest BCUT2D eigenvalue weighted by Gasteiger charge is -2.23. The fourth-order valence-electron chi connectivity index (χ4n) is 5.39. The number of carbonyl (C=O) groups excluding carboxylic acids is 5. The number of benzene rings is 1. The molecule has 0 spiro atoms. The van der Waals surface area contributed by atoms with Gasteiger partial charge in [-0.15, -0.1) is 0 Å². The monoisotopic (exact) mass is 722 g/mol. The van der Waals surface area contributed by atoms with Crippen LogP contribution in [0, 0.1) is 11.8 Å². The summed E-state index contributed by atoms with van der Waals surface area (Å²) in [6.07, 6.45) is 3.27. The predicted molar refractivity (Wildman–Crippen MR) is 191 cm³/mol. The summed E-state index contributed by atoms with van der Waals surface area (Å²) in [7, 11) is 0. The van der Waals surface area contributed by atoms with Gasteiger partial charge in [-0.05, 0) is 37.2 Å². The molecular formula is C35H50N10O7.